The molecular weight excluding hydrogens is 184 g/mol. The van der Waals surface area contributed by atoms with Crippen molar-refractivity contribution in [2.45, 2.75) is 12.5 Å². The predicted octanol–water partition coefficient (Wildman–Crippen LogP) is 2.32. The zero-order valence-electron chi connectivity index (χ0n) is 8.64. The molecule has 0 radical (unpaired) electrons. The summed E-state index contributed by atoms with van der Waals surface area (Å²) in [5, 5.41) is 0. The lowest BCUT2D eigenvalue weighted by atomic mass is 9.88. The summed E-state index contributed by atoms with van der Waals surface area (Å²) in [5.74, 6) is 6.07. The highest BCUT2D eigenvalue weighted by Crippen LogP contribution is 2.27. The summed E-state index contributed by atoms with van der Waals surface area (Å²) < 4.78 is 0. The molecule has 2 unspecified atom stereocenters. The molecule has 1 aliphatic carbocycles. The Hall–Kier alpha value is -1.38. The van der Waals surface area contributed by atoms with E-state index >= 15 is 0 Å². The minimum atomic E-state index is 0.201. The number of hydrogen-bond donors (Lipinski definition) is 2. The van der Waals surface area contributed by atoms with Crippen LogP contribution in [0.1, 0.15) is 18.0 Å². The van der Waals surface area contributed by atoms with Crippen LogP contribution in [0.25, 0.3) is 0 Å². The van der Waals surface area contributed by atoms with Gasteiger partial charge in [-0.15, -0.1) is 0 Å². The zero-order valence-corrected chi connectivity index (χ0v) is 8.64. The summed E-state index contributed by atoms with van der Waals surface area (Å²) in [6.45, 7) is 0. The van der Waals surface area contributed by atoms with Crippen molar-refractivity contribution in [2.24, 2.45) is 11.8 Å². The molecule has 0 saturated carbocycles. The minimum Gasteiger partial charge on any atom is -0.271 e. The third kappa shape index (κ3) is 2.35. The normalized spacial score (nSPS) is 21.5. The maximum Gasteiger partial charge on any atom is 0.0525 e. The van der Waals surface area contributed by atoms with E-state index in [1.807, 2.05) is 18.2 Å². The van der Waals surface area contributed by atoms with Crippen LogP contribution < -0.4 is 11.3 Å². The average Bonchev–Trinajstić information content (AvgIpc) is 2.33. The zero-order chi connectivity index (χ0) is 10.5. The summed E-state index contributed by atoms with van der Waals surface area (Å²) in [4.78, 5) is 0. The quantitative estimate of drug-likeness (QED) is 0.580. The predicted molar refractivity (Wildman–Crippen MR) is 62.9 cm³/mol. The molecule has 2 atom stereocenters. The van der Waals surface area contributed by atoms with Crippen molar-refractivity contribution < 1.29 is 0 Å². The monoisotopic (exact) mass is 200 g/mol. The number of nitrogens with one attached hydrogen (secondary N) is 1. The Labute approximate surface area is 90.5 Å². The van der Waals surface area contributed by atoms with Gasteiger partial charge in [0.2, 0.25) is 0 Å². The molecule has 1 aromatic rings. The van der Waals surface area contributed by atoms with Crippen LogP contribution in [0.15, 0.2) is 54.6 Å². The van der Waals surface area contributed by atoms with E-state index in [2.05, 4.69) is 41.9 Å². The van der Waals surface area contributed by atoms with E-state index in [1.165, 1.54) is 5.56 Å². The van der Waals surface area contributed by atoms with Gasteiger partial charge in [0, 0.05) is 5.92 Å². The first-order valence-electron chi connectivity index (χ1n) is 5.26. The standard InChI is InChI=1S/C13H16N2/c14-15-13(11-7-3-1-4-8-11)12-9-5-2-6-10-12/h1-9,12-13,15H,10,14H2. The SMILES string of the molecule is NNC(c1ccccc1)C1C=CC=CC1. The second-order valence-corrected chi connectivity index (χ2v) is 3.77. The molecule has 2 heteroatoms. The lowest BCUT2D eigenvalue weighted by molar-refractivity contribution is 0.430. The Balaban J connectivity index is 2.17. The van der Waals surface area contributed by atoms with Crippen LogP contribution in [0.2, 0.25) is 0 Å². The summed E-state index contributed by atoms with van der Waals surface area (Å²) in [6.07, 6.45) is 9.59. The minimum absolute atomic E-state index is 0.201. The van der Waals surface area contributed by atoms with Crippen LogP contribution in [-0.4, -0.2) is 0 Å². The Morgan fingerprint density at radius 2 is 2.00 bits per heavy atom. The van der Waals surface area contributed by atoms with Gasteiger partial charge in [0.05, 0.1) is 6.04 Å². The second kappa shape index (κ2) is 4.91. The van der Waals surface area contributed by atoms with Crippen molar-refractivity contribution in [1.82, 2.24) is 5.43 Å². The first kappa shape index (κ1) is 10.1. The number of rotatable bonds is 3. The molecule has 2 rings (SSSR count). The Bertz CT molecular complexity index is 354. The third-order valence-electron chi connectivity index (χ3n) is 2.78. The van der Waals surface area contributed by atoms with Gasteiger partial charge in [0.15, 0.2) is 0 Å². The molecule has 0 heterocycles. The van der Waals surface area contributed by atoms with Crippen LogP contribution >= 0.6 is 0 Å². The smallest absolute Gasteiger partial charge is 0.0525 e. The van der Waals surface area contributed by atoms with Gasteiger partial charge in [-0.05, 0) is 12.0 Å². The average molecular weight is 200 g/mol. The van der Waals surface area contributed by atoms with Crippen molar-refractivity contribution in [1.29, 1.82) is 0 Å². The highest BCUT2D eigenvalue weighted by molar-refractivity contribution is 5.23. The molecule has 3 N–H and O–H groups in total. The molecule has 15 heavy (non-hydrogen) atoms. The first-order chi connectivity index (χ1) is 7.42. The Morgan fingerprint density at radius 1 is 1.20 bits per heavy atom. The van der Waals surface area contributed by atoms with Gasteiger partial charge >= 0.3 is 0 Å². The van der Waals surface area contributed by atoms with E-state index in [9.17, 15) is 0 Å². The van der Waals surface area contributed by atoms with Gasteiger partial charge in [-0.3, -0.25) is 11.3 Å². The van der Waals surface area contributed by atoms with Crippen LogP contribution in [0.5, 0.6) is 0 Å². The fourth-order valence-electron chi connectivity index (χ4n) is 1.97. The van der Waals surface area contributed by atoms with E-state index in [1.54, 1.807) is 0 Å². The highest BCUT2D eigenvalue weighted by atomic mass is 15.2. The lowest BCUT2D eigenvalue weighted by Crippen LogP contribution is -2.33. The molecular formula is C13H16N2. The fourth-order valence-corrected chi connectivity index (χ4v) is 1.97. The second-order valence-electron chi connectivity index (χ2n) is 3.77. The molecule has 1 aliphatic rings. The van der Waals surface area contributed by atoms with Crippen molar-refractivity contribution in [3.8, 4) is 0 Å². The number of hydrogen-bond acceptors (Lipinski definition) is 2. The largest absolute Gasteiger partial charge is 0.271 e. The number of benzene rings is 1. The van der Waals surface area contributed by atoms with Crippen molar-refractivity contribution in [3.05, 3.63) is 60.2 Å². The van der Waals surface area contributed by atoms with Crippen molar-refractivity contribution in [3.63, 3.8) is 0 Å². The van der Waals surface area contributed by atoms with Crippen LogP contribution in [0.4, 0.5) is 0 Å². The van der Waals surface area contributed by atoms with Crippen LogP contribution in [0, 0.1) is 5.92 Å². The maximum absolute atomic E-state index is 5.63. The summed E-state index contributed by atoms with van der Waals surface area (Å²) in [7, 11) is 0. The Morgan fingerprint density at radius 3 is 2.60 bits per heavy atom. The van der Waals surface area contributed by atoms with Crippen molar-refractivity contribution in [2.75, 3.05) is 0 Å². The summed E-state index contributed by atoms with van der Waals surface area (Å²) in [5.41, 5.74) is 4.14. The van der Waals surface area contributed by atoms with Gasteiger partial charge in [0.25, 0.3) is 0 Å². The van der Waals surface area contributed by atoms with Gasteiger partial charge in [-0.1, -0.05) is 54.6 Å². The molecule has 0 spiro atoms. The number of allylic oxidation sites excluding steroid dienone is 3. The van der Waals surface area contributed by atoms with E-state index in [0.29, 0.717) is 5.92 Å². The highest BCUT2D eigenvalue weighted by Gasteiger charge is 2.19. The van der Waals surface area contributed by atoms with Crippen LogP contribution in [0.3, 0.4) is 0 Å². The molecule has 78 valence electrons. The van der Waals surface area contributed by atoms with E-state index in [4.69, 9.17) is 5.84 Å². The molecule has 0 amide bonds. The third-order valence-corrected chi connectivity index (χ3v) is 2.78. The first-order valence-corrected chi connectivity index (χ1v) is 5.26. The van der Waals surface area contributed by atoms with E-state index in [-0.39, 0.29) is 6.04 Å². The molecule has 0 fully saturated rings. The molecule has 1 aromatic carbocycles. The van der Waals surface area contributed by atoms with Gasteiger partial charge in [-0.2, -0.15) is 0 Å². The van der Waals surface area contributed by atoms with Crippen LogP contribution in [-0.2, 0) is 0 Å². The molecule has 0 bridgehead atoms. The summed E-state index contributed by atoms with van der Waals surface area (Å²) >= 11 is 0. The van der Waals surface area contributed by atoms with Gasteiger partial charge in [0.1, 0.15) is 0 Å². The van der Waals surface area contributed by atoms with Crippen molar-refractivity contribution >= 4 is 0 Å². The summed E-state index contributed by atoms with van der Waals surface area (Å²) in [6, 6.07) is 10.5. The number of hydrazine groups is 1. The number of nitrogens with two attached hydrogens (primary N) is 1. The Kier molecular flexibility index (Phi) is 3.33. The van der Waals surface area contributed by atoms with Gasteiger partial charge in [-0.25, -0.2) is 0 Å². The van der Waals surface area contributed by atoms with E-state index < -0.39 is 0 Å². The molecule has 0 aromatic heterocycles. The molecule has 0 saturated heterocycles. The lowest BCUT2D eigenvalue weighted by Gasteiger charge is -2.24. The fraction of sp³-hybridized carbons (Fsp3) is 0.231. The maximum atomic E-state index is 5.63. The van der Waals surface area contributed by atoms with Gasteiger partial charge < -0.3 is 0 Å². The molecule has 2 nitrogen and oxygen atoms in total. The van der Waals surface area contributed by atoms with E-state index in [0.717, 1.165) is 6.42 Å². The molecule has 0 aliphatic heterocycles. The topological polar surface area (TPSA) is 38.0 Å².